The largest absolute Gasteiger partial charge is 0.610 e. The Bertz CT molecular complexity index is 777. The van der Waals surface area contributed by atoms with Gasteiger partial charge in [0, 0.05) is 37.1 Å². The van der Waals surface area contributed by atoms with Crippen LogP contribution in [0.5, 0.6) is 0 Å². The molecule has 1 aliphatic rings. The predicted molar refractivity (Wildman–Crippen MR) is 95.5 cm³/mol. The minimum Gasteiger partial charge on any atom is -0.610 e. The Kier molecular flexibility index (Phi) is 6.44. The number of hydrogen-bond acceptors (Lipinski definition) is 1. The number of hydrogen-bond donors (Lipinski definition) is 0. The van der Waals surface area contributed by atoms with E-state index in [0.717, 1.165) is 18.2 Å². The van der Waals surface area contributed by atoms with E-state index >= 15 is 0 Å². The average molecular weight is 564 g/mol. The fraction of sp³-hybridized carbons (Fsp3) is 0.267. The molecule has 149 valence electrons. The van der Waals surface area contributed by atoms with Crippen molar-refractivity contribution >= 4 is 54.6 Å². The lowest BCUT2D eigenvalue weighted by molar-refractivity contribution is -0.332. The highest BCUT2D eigenvalue weighted by atomic mass is 79.9. The summed E-state index contributed by atoms with van der Waals surface area (Å²) >= 11 is 7.75. The van der Waals surface area contributed by atoms with Gasteiger partial charge in [-0.3, -0.25) is 0 Å². The highest BCUT2D eigenvalue weighted by Gasteiger charge is 2.82. The lowest BCUT2D eigenvalue weighted by atomic mass is 9.93. The molecule has 0 amide bonds. The molecule has 2 rings (SSSR count). The Morgan fingerprint density at radius 1 is 0.926 bits per heavy atom. The normalized spacial score (nSPS) is 19.4. The topological polar surface area (TPSA) is 23.1 Å². The van der Waals surface area contributed by atoms with Crippen LogP contribution < -0.4 is 0 Å². The highest BCUT2D eigenvalue weighted by molar-refractivity contribution is 9.12. The first-order valence-corrected chi connectivity index (χ1v) is 9.89. The van der Waals surface area contributed by atoms with Crippen LogP contribution in [-0.4, -0.2) is 21.9 Å². The van der Waals surface area contributed by atoms with Crippen molar-refractivity contribution in [3.63, 3.8) is 0 Å². The second kappa shape index (κ2) is 7.55. The van der Waals surface area contributed by atoms with Crippen LogP contribution in [0.1, 0.15) is 5.56 Å². The van der Waals surface area contributed by atoms with Crippen molar-refractivity contribution in [1.82, 2.24) is 0 Å². The van der Waals surface area contributed by atoms with Gasteiger partial charge in [0.1, 0.15) is 0 Å². The maximum Gasteiger partial charge on any atom is 0.482 e. The number of alkyl halides is 7. The summed E-state index contributed by atoms with van der Waals surface area (Å²) in [5, 5.41) is -6.21. The van der Waals surface area contributed by atoms with Gasteiger partial charge in [0.2, 0.25) is 0 Å². The van der Waals surface area contributed by atoms with Crippen LogP contribution in [0, 0.1) is 6.42 Å². The molecule has 1 aromatic rings. The van der Waals surface area contributed by atoms with Crippen molar-refractivity contribution in [3.8, 4) is 0 Å². The lowest BCUT2D eigenvalue weighted by Crippen LogP contribution is -2.60. The van der Waals surface area contributed by atoms with E-state index in [2.05, 4.69) is 31.9 Å². The first-order chi connectivity index (χ1) is 12.2. The van der Waals surface area contributed by atoms with E-state index < -0.39 is 33.3 Å². The van der Waals surface area contributed by atoms with Gasteiger partial charge in [-0.1, -0.05) is 61.7 Å². The molecule has 12 heteroatoms. The first kappa shape index (κ1) is 23.1. The van der Waals surface area contributed by atoms with Crippen LogP contribution in [0.2, 0.25) is 5.02 Å². The maximum atomic E-state index is 14.3. The molecule has 1 unspecified atom stereocenters. The Morgan fingerprint density at radius 3 is 1.85 bits per heavy atom. The van der Waals surface area contributed by atoms with Gasteiger partial charge in [-0.05, 0) is 18.2 Å². The lowest BCUT2D eigenvalue weighted by Gasteiger charge is -2.39. The zero-order chi connectivity index (χ0) is 20.8. The van der Waals surface area contributed by atoms with Crippen LogP contribution in [0.3, 0.4) is 0 Å². The van der Waals surface area contributed by atoms with E-state index in [9.17, 15) is 35.3 Å². The van der Waals surface area contributed by atoms with Crippen LogP contribution in [0.15, 0.2) is 45.4 Å². The Morgan fingerprint density at radius 2 is 1.41 bits per heavy atom. The smallest absolute Gasteiger partial charge is 0.482 e. The van der Waals surface area contributed by atoms with Gasteiger partial charge in [0.15, 0.2) is 4.75 Å². The fourth-order valence-corrected chi connectivity index (χ4v) is 6.09. The van der Waals surface area contributed by atoms with Crippen molar-refractivity contribution in [2.24, 2.45) is 0 Å². The van der Waals surface area contributed by atoms with Crippen LogP contribution in [-0.2, 0) is 15.9 Å². The van der Waals surface area contributed by atoms with Gasteiger partial charge in [0.05, 0.1) is 0 Å². The second-order valence-electron chi connectivity index (χ2n) is 5.33. The van der Waals surface area contributed by atoms with Crippen molar-refractivity contribution in [2.45, 2.75) is 22.1 Å². The molecule has 0 fully saturated rings. The maximum absolute atomic E-state index is 14.3. The van der Waals surface area contributed by atoms with Crippen molar-refractivity contribution in [2.75, 3.05) is 0 Å². The van der Waals surface area contributed by atoms with Gasteiger partial charge in [-0.25, -0.2) is 0 Å². The van der Waals surface area contributed by atoms with E-state index in [-0.39, 0.29) is 19.6 Å². The number of benzene rings is 1. The molecule has 1 radical (unpaired) electrons. The Hall–Kier alpha value is -0.230. The molecular formula is C15H7Br2ClF7OS. The molecule has 0 aliphatic heterocycles. The summed E-state index contributed by atoms with van der Waals surface area (Å²) in [5.74, 6) is -6.54. The SMILES string of the molecule is [O-][S+](C1(c2ccccc2Cl)C=C(Br)[CH]C(Br)=C1)C(F)(F)C(F)(F)C(F)(F)F. The molecule has 0 saturated heterocycles. The zero-order valence-corrected chi connectivity index (χ0v) is 17.4. The molecule has 0 aromatic heterocycles. The van der Waals surface area contributed by atoms with Crippen LogP contribution in [0.25, 0.3) is 0 Å². The molecule has 1 atom stereocenters. The average Bonchev–Trinajstić information content (AvgIpc) is 2.52. The summed E-state index contributed by atoms with van der Waals surface area (Å²) in [6.07, 6.45) is -3.62. The van der Waals surface area contributed by atoms with Gasteiger partial charge in [0.25, 0.3) is 0 Å². The summed E-state index contributed by atoms with van der Waals surface area (Å²) in [5.41, 5.74) is -0.329. The van der Waals surface area contributed by atoms with Gasteiger partial charge in [-0.2, -0.15) is 22.0 Å². The van der Waals surface area contributed by atoms with Crippen LogP contribution >= 0.6 is 43.5 Å². The molecule has 0 bridgehead atoms. The first-order valence-electron chi connectivity index (χ1n) is 6.77. The van der Waals surface area contributed by atoms with E-state index in [4.69, 9.17) is 11.6 Å². The van der Waals surface area contributed by atoms with E-state index in [0.29, 0.717) is 0 Å². The standard InChI is InChI=1S/C15H7Br2ClF7OS/c16-8-5-9(17)7-12(6-8,10-3-1-2-4-11(10)18)27(26)15(24,25)13(19,20)14(21,22)23/h1-7H. The summed E-state index contributed by atoms with van der Waals surface area (Å²) in [4.78, 5) is 0. The molecule has 1 nitrogen and oxygen atoms in total. The highest BCUT2D eigenvalue weighted by Crippen LogP contribution is 2.56. The zero-order valence-electron chi connectivity index (χ0n) is 12.6. The minimum absolute atomic E-state index is 0.0243. The third-order valence-electron chi connectivity index (χ3n) is 3.54. The molecule has 0 spiro atoms. The number of rotatable bonds is 4. The number of halogens is 10. The van der Waals surface area contributed by atoms with E-state index in [1.165, 1.54) is 24.6 Å². The van der Waals surface area contributed by atoms with Gasteiger partial charge < -0.3 is 4.55 Å². The third-order valence-corrected chi connectivity index (χ3v) is 6.57. The predicted octanol–water partition coefficient (Wildman–Crippen LogP) is 6.85. The molecule has 1 aliphatic carbocycles. The van der Waals surface area contributed by atoms with Crippen molar-refractivity contribution in [3.05, 3.63) is 62.4 Å². The summed E-state index contributed by atoms with van der Waals surface area (Å²) in [7, 11) is 0. The molecule has 0 N–H and O–H groups in total. The molecule has 1 aromatic carbocycles. The van der Waals surface area contributed by atoms with Crippen molar-refractivity contribution < 1.29 is 35.3 Å². The monoisotopic (exact) mass is 561 g/mol. The summed E-state index contributed by atoms with van der Waals surface area (Å²) in [6, 6.07) is 5.00. The van der Waals surface area contributed by atoms with Crippen LogP contribution in [0.4, 0.5) is 30.7 Å². The number of allylic oxidation sites excluding steroid dienone is 2. The quantitative estimate of drug-likeness (QED) is 0.290. The van der Waals surface area contributed by atoms with Gasteiger partial charge >= 0.3 is 17.4 Å². The Balaban J connectivity index is 2.77. The van der Waals surface area contributed by atoms with E-state index in [1.807, 2.05) is 0 Å². The Labute approximate surface area is 174 Å². The summed E-state index contributed by atoms with van der Waals surface area (Å²) in [6.45, 7) is 0. The minimum atomic E-state index is -6.61. The molecular weight excluding hydrogens is 556 g/mol. The summed E-state index contributed by atoms with van der Waals surface area (Å²) < 4.78 is 103. The van der Waals surface area contributed by atoms with E-state index in [1.54, 1.807) is 0 Å². The molecule has 27 heavy (non-hydrogen) atoms. The van der Waals surface area contributed by atoms with Crippen molar-refractivity contribution in [1.29, 1.82) is 0 Å². The molecule has 0 heterocycles. The van der Waals surface area contributed by atoms with Gasteiger partial charge in [-0.15, -0.1) is 8.78 Å². The third kappa shape index (κ3) is 3.94. The molecule has 0 saturated carbocycles. The fourth-order valence-electron chi connectivity index (χ4n) is 2.30. The second-order valence-corrected chi connectivity index (χ2v) is 9.30.